The van der Waals surface area contributed by atoms with Crippen molar-refractivity contribution in [2.75, 3.05) is 11.9 Å². The zero-order valence-electron chi connectivity index (χ0n) is 13.9. The van der Waals surface area contributed by atoms with Crippen LogP contribution >= 0.6 is 0 Å². The van der Waals surface area contributed by atoms with Gasteiger partial charge in [-0.1, -0.05) is 6.07 Å². The monoisotopic (exact) mass is 318 g/mol. The van der Waals surface area contributed by atoms with Gasteiger partial charge >= 0.3 is 0 Å². The number of anilines is 1. The summed E-state index contributed by atoms with van der Waals surface area (Å²) >= 11 is 0. The molecule has 0 amide bonds. The van der Waals surface area contributed by atoms with Crippen molar-refractivity contribution >= 4 is 16.7 Å². The summed E-state index contributed by atoms with van der Waals surface area (Å²) in [7, 11) is 0. The Labute approximate surface area is 140 Å². The van der Waals surface area contributed by atoms with E-state index >= 15 is 0 Å². The first-order chi connectivity index (χ1) is 11.6. The number of aromatic amines is 1. The van der Waals surface area contributed by atoms with E-state index in [2.05, 4.69) is 33.0 Å². The Hall–Kier alpha value is -3.25. The molecule has 0 fully saturated rings. The van der Waals surface area contributed by atoms with Gasteiger partial charge in [0, 0.05) is 23.3 Å². The molecule has 1 aromatic heterocycles. The van der Waals surface area contributed by atoms with Crippen LogP contribution in [0.4, 0.5) is 5.82 Å². The largest absolute Gasteiger partial charge is 0.368 e. The Kier molecular flexibility index (Phi) is 3.97. The molecule has 1 aliphatic rings. The summed E-state index contributed by atoms with van der Waals surface area (Å²) in [6, 6.07) is 10.4. The maximum absolute atomic E-state index is 9.59. The van der Waals surface area contributed by atoms with Crippen LogP contribution in [0.25, 0.3) is 10.9 Å². The Bertz CT molecular complexity index is 912. The lowest BCUT2D eigenvalue weighted by atomic mass is 9.81. The van der Waals surface area contributed by atoms with Gasteiger partial charge in [-0.3, -0.25) is 5.10 Å². The molecule has 3 N–H and O–H groups in total. The maximum atomic E-state index is 9.59. The third kappa shape index (κ3) is 2.39. The number of H-pyrrole nitrogens is 1. The van der Waals surface area contributed by atoms with E-state index < -0.39 is 0 Å². The van der Waals surface area contributed by atoms with Crippen LogP contribution in [0.1, 0.15) is 32.3 Å². The van der Waals surface area contributed by atoms with Gasteiger partial charge in [0.1, 0.15) is 0 Å². The average Bonchev–Trinajstić information content (AvgIpc) is 2.97. The van der Waals surface area contributed by atoms with Crippen LogP contribution < -0.4 is 10.6 Å². The van der Waals surface area contributed by atoms with Crippen molar-refractivity contribution in [2.45, 2.75) is 26.7 Å². The van der Waals surface area contributed by atoms with E-state index in [0.717, 1.165) is 40.2 Å². The lowest BCUT2D eigenvalue weighted by Crippen LogP contribution is -2.23. The number of hydrogen-bond acceptors (Lipinski definition) is 5. The number of rotatable bonds is 3. The number of allylic oxidation sites excluding steroid dienone is 4. The minimum Gasteiger partial charge on any atom is -0.368 e. The minimum absolute atomic E-state index is 0.352. The van der Waals surface area contributed by atoms with Crippen molar-refractivity contribution < 1.29 is 0 Å². The number of dihydropyridines is 1. The zero-order chi connectivity index (χ0) is 17.3. The molecule has 0 bridgehead atoms. The van der Waals surface area contributed by atoms with Gasteiger partial charge in [0.2, 0.25) is 0 Å². The number of nitrogens with one attached hydrogen (secondary N) is 3. The summed E-state index contributed by atoms with van der Waals surface area (Å²) in [6.07, 6.45) is 0. The molecular weight excluding hydrogens is 300 g/mol. The van der Waals surface area contributed by atoms with Gasteiger partial charge in [-0.25, -0.2) is 0 Å². The molecule has 120 valence electrons. The third-order valence-electron chi connectivity index (χ3n) is 4.27. The number of benzene rings is 1. The van der Waals surface area contributed by atoms with E-state index in [9.17, 15) is 10.5 Å². The second-order valence-electron chi connectivity index (χ2n) is 5.77. The average molecular weight is 318 g/mol. The fourth-order valence-electron chi connectivity index (χ4n) is 3.14. The Morgan fingerprint density at radius 2 is 1.83 bits per heavy atom. The molecule has 0 unspecified atom stereocenters. The molecule has 0 saturated heterocycles. The van der Waals surface area contributed by atoms with Crippen LogP contribution in [0.2, 0.25) is 0 Å². The molecule has 2 aromatic rings. The van der Waals surface area contributed by atoms with Crippen molar-refractivity contribution in [2.24, 2.45) is 0 Å². The van der Waals surface area contributed by atoms with Gasteiger partial charge in [0.05, 0.1) is 34.7 Å². The SMILES string of the molecule is CCNc1n[nH]c2ccc(C3C(C#N)=C(C)NC(C)=C3C#N)cc12. The predicted octanol–water partition coefficient (Wildman–Crippen LogP) is 3.28. The highest BCUT2D eigenvalue weighted by atomic mass is 15.2. The van der Waals surface area contributed by atoms with Crippen molar-refractivity contribution in [3.05, 3.63) is 46.3 Å². The molecule has 6 nitrogen and oxygen atoms in total. The van der Waals surface area contributed by atoms with E-state index in [1.165, 1.54) is 0 Å². The predicted molar refractivity (Wildman–Crippen MR) is 92.8 cm³/mol. The fourth-order valence-corrected chi connectivity index (χ4v) is 3.14. The molecule has 0 saturated carbocycles. The van der Waals surface area contributed by atoms with Crippen LogP contribution in [0, 0.1) is 22.7 Å². The highest BCUT2D eigenvalue weighted by Gasteiger charge is 2.29. The highest BCUT2D eigenvalue weighted by Crippen LogP contribution is 2.38. The quantitative estimate of drug-likeness (QED) is 0.806. The molecule has 0 atom stereocenters. The normalized spacial score (nSPS) is 15.2. The van der Waals surface area contributed by atoms with Crippen LogP contribution in [-0.2, 0) is 0 Å². The number of aromatic nitrogens is 2. The number of hydrogen-bond donors (Lipinski definition) is 3. The van der Waals surface area contributed by atoms with Crippen LogP contribution in [0.3, 0.4) is 0 Å². The summed E-state index contributed by atoms with van der Waals surface area (Å²) in [5.41, 5.74) is 4.56. The first kappa shape index (κ1) is 15.6. The molecule has 6 heteroatoms. The summed E-state index contributed by atoms with van der Waals surface area (Å²) in [4.78, 5) is 0. The number of nitrogens with zero attached hydrogens (tertiary/aromatic N) is 3. The van der Waals surface area contributed by atoms with Crippen molar-refractivity contribution in [1.82, 2.24) is 15.5 Å². The Morgan fingerprint density at radius 3 is 2.42 bits per heavy atom. The summed E-state index contributed by atoms with van der Waals surface area (Å²) in [5.74, 6) is 0.428. The van der Waals surface area contributed by atoms with Crippen LogP contribution in [0.5, 0.6) is 0 Å². The maximum Gasteiger partial charge on any atom is 0.155 e. The lowest BCUT2D eigenvalue weighted by molar-refractivity contribution is 0.815. The first-order valence-corrected chi connectivity index (χ1v) is 7.81. The minimum atomic E-state index is -0.352. The fraction of sp³-hybridized carbons (Fsp3) is 0.278. The molecular formula is C18H18N6. The summed E-state index contributed by atoms with van der Waals surface area (Å²) < 4.78 is 0. The first-order valence-electron chi connectivity index (χ1n) is 7.81. The third-order valence-corrected chi connectivity index (χ3v) is 4.27. The van der Waals surface area contributed by atoms with Gasteiger partial charge in [-0.15, -0.1) is 0 Å². The molecule has 0 radical (unpaired) electrons. The Morgan fingerprint density at radius 1 is 1.17 bits per heavy atom. The molecule has 0 spiro atoms. The summed E-state index contributed by atoms with van der Waals surface area (Å²) in [6.45, 7) is 6.51. The molecule has 24 heavy (non-hydrogen) atoms. The standard InChI is InChI=1S/C18H18N6/c1-4-21-18-13-7-12(5-6-16(13)23-24-18)17-14(8-19)10(2)22-11(3)15(17)9-20/h5-7,17,22H,4H2,1-3H3,(H2,21,23,24). The van der Waals surface area contributed by atoms with Crippen molar-refractivity contribution in [1.29, 1.82) is 10.5 Å². The Balaban J connectivity index is 2.20. The van der Waals surface area contributed by atoms with E-state index in [0.29, 0.717) is 11.1 Å². The second kappa shape index (κ2) is 6.10. The zero-order valence-corrected chi connectivity index (χ0v) is 13.9. The van der Waals surface area contributed by atoms with Gasteiger partial charge in [0.15, 0.2) is 5.82 Å². The molecule has 0 aliphatic carbocycles. The topological polar surface area (TPSA) is 100 Å². The van der Waals surface area contributed by atoms with Crippen molar-refractivity contribution in [3.8, 4) is 12.1 Å². The van der Waals surface area contributed by atoms with Crippen molar-refractivity contribution in [3.63, 3.8) is 0 Å². The van der Waals surface area contributed by atoms with E-state index in [-0.39, 0.29) is 5.92 Å². The van der Waals surface area contributed by atoms with E-state index in [1.807, 2.05) is 39.0 Å². The van der Waals surface area contributed by atoms with Gasteiger partial charge in [0.25, 0.3) is 0 Å². The van der Waals surface area contributed by atoms with E-state index in [1.54, 1.807) is 0 Å². The molecule has 1 aliphatic heterocycles. The lowest BCUT2D eigenvalue weighted by Gasteiger charge is -2.26. The van der Waals surface area contributed by atoms with Crippen LogP contribution in [0.15, 0.2) is 40.7 Å². The summed E-state index contributed by atoms with van der Waals surface area (Å²) in [5, 5.41) is 33.8. The van der Waals surface area contributed by atoms with Crippen LogP contribution in [-0.4, -0.2) is 16.7 Å². The molecule has 3 rings (SSSR count). The van der Waals surface area contributed by atoms with E-state index in [4.69, 9.17) is 0 Å². The number of fused-ring (bicyclic) bond motifs is 1. The van der Waals surface area contributed by atoms with Gasteiger partial charge in [-0.05, 0) is 38.5 Å². The number of nitriles is 2. The smallest absolute Gasteiger partial charge is 0.155 e. The molecule has 2 heterocycles. The second-order valence-corrected chi connectivity index (χ2v) is 5.77. The van der Waals surface area contributed by atoms with Gasteiger partial charge in [-0.2, -0.15) is 15.6 Å². The highest BCUT2D eigenvalue weighted by molar-refractivity contribution is 5.90. The molecule has 1 aromatic carbocycles. The van der Waals surface area contributed by atoms with Gasteiger partial charge < -0.3 is 10.6 Å².